The van der Waals surface area contributed by atoms with E-state index >= 15 is 0 Å². The van der Waals surface area contributed by atoms with Gasteiger partial charge in [0.15, 0.2) is 0 Å². The quantitative estimate of drug-likeness (QED) is 0.0704. The first-order chi connectivity index (χ1) is 18.7. The molecule has 0 bridgehead atoms. The molecule has 1 atom stereocenters. The number of hydroxylamine groups is 2. The number of nitrogens with zero attached hydrogens (tertiary/aromatic N) is 1. The van der Waals surface area contributed by atoms with E-state index in [1.165, 1.54) is 61.6 Å². The minimum absolute atomic E-state index is 0.535. The molecule has 38 heavy (non-hydrogen) atoms. The summed E-state index contributed by atoms with van der Waals surface area (Å²) in [5, 5.41) is 2.18. The van der Waals surface area contributed by atoms with Crippen molar-refractivity contribution in [2.75, 3.05) is 20.3 Å². The van der Waals surface area contributed by atoms with Crippen molar-refractivity contribution in [2.24, 2.45) is 5.50 Å². The van der Waals surface area contributed by atoms with Crippen LogP contribution in [0.3, 0.4) is 0 Å². The highest BCUT2D eigenvalue weighted by Gasteiger charge is 2.42. The van der Waals surface area contributed by atoms with Gasteiger partial charge in [0.1, 0.15) is 5.54 Å². The lowest BCUT2D eigenvalue weighted by Crippen LogP contribution is -2.48. The molecule has 3 rings (SSSR count). The zero-order valence-corrected chi connectivity index (χ0v) is 23.8. The van der Waals surface area contributed by atoms with Crippen LogP contribution in [-0.4, -0.2) is 30.2 Å². The molecule has 0 aliphatic rings. The van der Waals surface area contributed by atoms with Gasteiger partial charge in [-0.25, -0.2) is 0 Å². The smallest absolute Gasteiger partial charge is 0.250 e. The fourth-order valence-electron chi connectivity index (χ4n) is 5.30. The Kier molecular flexibility index (Phi) is 14.0. The number of benzene rings is 3. The Morgan fingerprint density at radius 1 is 0.632 bits per heavy atom. The van der Waals surface area contributed by atoms with E-state index in [0.29, 0.717) is 6.61 Å². The maximum absolute atomic E-state index is 8.97. The van der Waals surface area contributed by atoms with Crippen LogP contribution in [0.25, 0.3) is 0 Å². The van der Waals surface area contributed by atoms with Crippen LogP contribution in [-0.2, 0) is 14.9 Å². The monoisotopic (exact) mass is 536 g/mol. The van der Waals surface area contributed by atoms with Gasteiger partial charge in [0.2, 0.25) is 8.53 Å². The van der Waals surface area contributed by atoms with Gasteiger partial charge in [0, 0.05) is 6.54 Å². The van der Waals surface area contributed by atoms with Crippen molar-refractivity contribution >= 4 is 8.53 Å². The summed E-state index contributed by atoms with van der Waals surface area (Å²) in [5.41, 5.74) is 8.30. The molecule has 0 saturated carbocycles. The average molecular weight is 537 g/mol. The highest BCUT2D eigenvalue weighted by atomic mass is 31.2. The number of nitrogens with two attached hydrogens (primary N) is 1. The topological polar surface area (TPSA) is 68.0 Å². The van der Waals surface area contributed by atoms with Crippen LogP contribution in [0.15, 0.2) is 91.0 Å². The van der Waals surface area contributed by atoms with Crippen molar-refractivity contribution in [3.8, 4) is 0 Å². The first kappa shape index (κ1) is 30.4. The summed E-state index contributed by atoms with van der Waals surface area (Å²) < 4.78 is 5.03. The van der Waals surface area contributed by atoms with Crippen molar-refractivity contribution in [1.82, 2.24) is 5.06 Å². The molecule has 3 aromatic carbocycles. The predicted molar refractivity (Wildman–Crippen MR) is 158 cm³/mol. The van der Waals surface area contributed by atoms with Crippen LogP contribution in [0.5, 0.6) is 0 Å². The molecule has 0 radical (unpaired) electrons. The second-order valence-corrected chi connectivity index (χ2v) is 10.6. The molecule has 3 aromatic rings. The number of rotatable bonds is 19. The van der Waals surface area contributed by atoms with E-state index in [-0.39, 0.29) is 0 Å². The van der Waals surface area contributed by atoms with Gasteiger partial charge >= 0.3 is 0 Å². The van der Waals surface area contributed by atoms with Crippen molar-refractivity contribution in [1.29, 1.82) is 0 Å². The fraction of sp³-hybridized carbons (Fsp3) is 0.438. The first-order valence-corrected chi connectivity index (χ1v) is 15.3. The van der Waals surface area contributed by atoms with Gasteiger partial charge in [-0.15, -0.1) is 0 Å². The summed E-state index contributed by atoms with van der Waals surface area (Å²) in [6.45, 7) is 1.41. The molecule has 0 heterocycles. The molecule has 0 aliphatic heterocycles. The van der Waals surface area contributed by atoms with Crippen molar-refractivity contribution in [2.45, 2.75) is 69.7 Å². The van der Waals surface area contributed by atoms with E-state index in [2.05, 4.69) is 96.1 Å². The van der Waals surface area contributed by atoms with E-state index in [1.807, 2.05) is 0 Å². The highest BCUT2D eigenvalue weighted by molar-refractivity contribution is 7.43. The summed E-state index contributed by atoms with van der Waals surface area (Å²) in [6, 6.07) is 32.2. The van der Waals surface area contributed by atoms with E-state index in [9.17, 15) is 0 Å². The summed E-state index contributed by atoms with van der Waals surface area (Å²) in [5.74, 6) is 0. The summed E-state index contributed by atoms with van der Waals surface area (Å²) >= 11 is 0. The summed E-state index contributed by atoms with van der Waals surface area (Å²) in [4.78, 5) is 15.2. The molecule has 0 aromatic heterocycles. The molecular formula is C32H45N2O3P. The molecule has 5 nitrogen and oxygen atoms in total. The van der Waals surface area contributed by atoms with Gasteiger partial charge in [-0.3, -0.25) is 5.50 Å². The molecule has 0 amide bonds. The van der Waals surface area contributed by atoms with Crippen LogP contribution >= 0.6 is 8.53 Å². The van der Waals surface area contributed by atoms with Crippen molar-refractivity contribution < 1.29 is 14.3 Å². The Hall–Kier alpha value is -2.11. The van der Waals surface area contributed by atoms with Crippen molar-refractivity contribution in [3.05, 3.63) is 108 Å². The molecule has 3 N–H and O–H groups in total. The third-order valence-corrected chi connectivity index (χ3v) is 7.60. The SMILES string of the molecule is CON(CCCCCCCCCCCCOP(N)O)C(c1ccccc1)(c1ccccc1)c1ccccc1. The second kappa shape index (κ2) is 17.5. The normalized spacial score (nSPS) is 12.6. The van der Waals surface area contributed by atoms with Gasteiger partial charge in [-0.2, -0.15) is 5.06 Å². The van der Waals surface area contributed by atoms with E-state index in [1.54, 1.807) is 7.11 Å². The minimum atomic E-state index is -1.70. The maximum Gasteiger partial charge on any atom is 0.250 e. The molecule has 0 saturated heterocycles. The number of hydrogen-bond donors (Lipinski definition) is 2. The maximum atomic E-state index is 8.97. The van der Waals surface area contributed by atoms with Crippen molar-refractivity contribution in [3.63, 3.8) is 0 Å². The van der Waals surface area contributed by atoms with Gasteiger partial charge < -0.3 is 14.3 Å². The minimum Gasteiger partial charge on any atom is -0.338 e. The second-order valence-electron chi connectivity index (χ2n) is 9.76. The fourth-order valence-corrected chi connectivity index (χ4v) is 5.61. The lowest BCUT2D eigenvalue weighted by atomic mass is 9.76. The first-order valence-electron chi connectivity index (χ1n) is 14.0. The molecule has 0 spiro atoms. The van der Waals surface area contributed by atoms with Crippen LogP contribution in [0.2, 0.25) is 0 Å². The molecule has 0 aliphatic carbocycles. The van der Waals surface area contributed by atoms with Gasteiger partial charge in [-0.1, -0.05) is 142 Å². The van der Waals surface area contributed by atoms with Gasteiger partial charge in [-0.05, 0) is 29.5 Å². The number of unbranched alkanes of at least 4 members (excludes halogenated alkanes) is 9. The standard InChI is InChI=1S/C32H45N2O3P/c1-36-34(27-19-8-6-4-2-3-5-7-9-20-28-37-38(33)35)32(29-21-13-10-14-22-29,30-23-15-11-16-24-30)31-25-17-12-18-26-31/h10-18,21-26,35H,2-9,19-20,27-28,33H2,1H3. The third kappa shape index (κ3) is 8.98. The third-order valence-electron chi connectivity index (χ3n) is 7.15. The molecule has 1 unspecified atom stereocenters. The van der Waals surface area contributed by atoms with Crippen LogP contribution in [0.4, 0.5) is 0 Å². The Bertz CT molecular complexity index is 893. The van der Waals surface area contributed by atoms with Crippen LogP contribution in [0.1, 0.15) is 80.9 Å². The Balaban J connectivity index is 1.56. The zero-order valence-electron chi connectivity index (χ0n) is 22.9. The lowest BCUT2D eigenvalue weighted by Gasteiger charge is -2.44. The molecule has 206 valence electrons. The van der Waals surface area contributed by atoms with E-state index < -0.39 is 14.1 Å². The predicted octanol–water partition coefficient (Wildman–Crippen LogP) is 7.94. The Morgan fingerprint density at radius 2 is 1.00 bits per heavy atom. The van der Waals surface area contributed by atoms with Crippen LogP contribution < -0.4 is 5.50 Å². The molecular weight excluding hydrogens is 491 g/mol. The van der Waals surface area contributed by atoms with Gasteiger partial charge in [0.25, 0.3) is 0 Å². The Labute approximate surface area is 230 Å². The number of hydrogen-bond acceptors (Lipinski definition) is 5. The average Bonchev–Trinajstić information content (AvgIpc) is 2.96. The summed E-state index contributed by atoms with van der Waals surface area (Å²) in [7, 11) is 0.103. The van der Waals surface area contributed by atoms with Gasteiger partial charge in [0.05, 0.1) is 13.7 Å². The highest BCUT2D eigenvalue weighted by Crippen LogP contribution is 2.42. The lowest BCUT2D eigenvalue weighted by molar-refractivity contribution is -0.182. The van der Waals surface area contributed by atoms with Crippen LogP contribution in [0, 0.1) is 0 Å². The van der Waals surface area contributed by atoms with E-state index in [4.69, 9.17) is 19.8 Å². The zero-order chi connectivity index (χ0) is 26.9. The molecule has 0 fully saturated rings. The summed E-state index contributed by atoms with van der Waals surface area (Å²) in [6.07, 6.45) is 12.0. The van der Waals surface area contributed by atoms with E-state index in [0.717, 1.165) is 25.8 Å². The molecule has 6 heteroatoms. The largest absolute Gasteiger partial charge is 0.338 e. The Morgan fingerprint density at radius 3 is 1.37 bits per heavy atom.